The first kappa shape index (κ1) is 105. The van der Waals surface area contributed by atoms with Crippen LogP contribution in [0.5, 0.6) is 17.2 Å². The Morgan fingerprint density at radius 1 is 0.321 bits per heavy atom. The Morgan fingerprint density at radius 3 is 0.991 bits per heavy atom. The van der Waals surface area contributed by atoms with Crippen molar-refractivity contribution in [2.75, 3.05) is 6.61 Å². The van der Waals surface area contributed by atoms with Gasteiger partial charge in [-0.3, -0.25) is 9.97 Å². The fourth-order valence-electron chi connectivity index (χ4n) is 11.4. The number of ether oxygens (including phenoxy) is 3. The normalized spacial score (nSPS) is 12.6. The van der Waals surface area contributed by atoms with E-state index in [9.17, 15) is 17.6 Å². The van der Waals surface area contributed by atoms with Gasteiger partial charge >= 0.3 is 12.2 Å². The van der Waals surface area contributed by atoms with Crippen LogP contribution >= 0.6 is 0 Å². The summed E-state index contributed by atoms with van der Waals surface area (Å²) >= 11 is 0. The van der Waals surface area contributed by atoms with Crippen molar-refractivity contribution in [1.82, 2.24) is 59.9 Å². The first-order valence-corrected chi connectivity index (χ1v) is 36.7. The standard InChI is InChI=1S/C14H18F2O.C14H20N2.C13H16F2O2.C13H19N3.2C10H16N2.C9H15N3.7CH4/c1-8(2)10-5-6-11(9(3)4)13-12(10)14(15,16)7-17-13;1-9(2)11-6-7-12(10(3)4)14-13(11)15-8-16(14)5;1-7(2)9-5-6-10(8(3)4)12-11(9)16-13(14,15)17-12;1-8(2)10-6-7-11(9(3)4)13-12(10)14-15-16(13)5;1-7(2)9-5-12-10(6-11-9)8(3)4;1-7(2)9-5-6-10(8(3)4)12-11-9;1-6(2)8-5-10-9(7(3)4)12-11-8;;;;;;;/h5-6,8-9H,7H2,1-4H3;6-10H,1-5H3;5-8H,1-4H3;6-9H,1-5H3;2*5-8H,1-4H3;5-7H,1-4H3;7*1H4. The molecule has 0 N–H and O–H groups in total. The fraction of sp³-hybridized carbons (Fsp3) is 0.600. The van der Waals surface area contributed by atoms with Crippen LogP contribution in [0.25, 0.3) is 22.1 Å². The molecule has 9 aromatic rings. The van der Waals surface area contributed by atoms with E-state index >= 15 is 0 Å². The molecule has 19 heteroatoms. The third kappa shape index (κ3) is 27.8. The Bertz CT molecular complexity index is 3730. The van der Waals surface area contributed by atoms with Gasteiger partial charge in [-0.1, -0.05) is 300 Å². The Kier molecular flexibility index (Phi) is 44.4. The summed E-state index contributed by atoms with van der Waals surface area (Å²) in [7, 11) is 4.04. The second kappa shape index (κ2) is 46.0. The maximum Gasteiger partial charge on any atom is 0.586 e. The lowest BCUT2D eigenvalue weighted by Gasteiger charge is -2.18. The molecule has 0 radical (unpaired) electrons. The molecule has 11 rings (SSSR count). The van der Waals surface area contributed by atoms with E-state index in [0.717, 1.165) is 56.5 Å². The monoisotopic (exact) mass is 1520 g/mol. The molecule has 0 fully saturated rings. The summed E-state index contributed by atoms with van der Waals surface area (Å²) in [6.45, 7) is 58.0. The van der Waals surface area contributed by atoms with Crippen LogP contribution in [0.1, 0.15) is 413 Å². The van der Waals surface area contributed by atoms with Crippen LogP contribution in [0.3, 0.4) is 0 Å². The number of aromatic nitrogens is 12. The molecular formula is C90H148F4N12O3. The van der Waals surface area contributed by atoms with Crippen molar-refractivity contribution < 1.29 is 31.8 Å². The molecule has 0 aliphatic carbocycles. The SMILES string of the molecule is C.C.C.C.C.C.C.CC(C)c1ccc(C(C)C)c2c1OC(F)(F)O2.CC(C)c1ccc(C(C)C)c2c1OCC2(F)F.CC(C)c1ccc(C(C)C)c2c1ncn2C.CC(C)c1ccc(C(C)C)c2c1nnn2C.CC(C)c1ccc(C(C)C)nn1.CC(C)c1cnc(C(C)C)cn1.CC(C)c1cnc(C(C)C)nn1. The predicted octanol–water partition coefficient (Wildman–Crippen LogP) is 27.7. The number of hydrogen-bond acceptors (Lipinski definition) is 13. The number of rotatable bonds is 14. The van der Waals surface area contributed by atoms with Crippen molar-refractivity contribution >= 4 is 22.1 Å². The van der Waals surface area contributed by atoms with E-state index in [0.29, 0.717) is 70.5 Å². The van der Waals surface area contributed by atoms with Gasteiger partial charge in [-0.2, -0.15) is 24.1 Å². The average molecular weight is 1520 g/mol. The maximum absolute atomic E-state index is 13.9. The third-order valence-corrected chi connectivity index (χ3v) is 17.8. The molecule has 109 heavy (non-hydrogen) atoms. The molecule has 5 aromatic heterocycles. The summed E-state index contributed by atoms with van der Waals surface area (Å²) < 4.78 is 72.6. The molecule has 4 aromatic carbocycles. The zero-order valence-corrected chi connectivity index (χ0v) is 67.0. The number of aryl methyl sites for hydroxylation is 2. The van der Waals surface area contributed by atoms with Crippen LogP contribution in [0, 0.1) is 0 Å². The number of fused-ring (bicyclic) bond motifs is 4. The molecule has 0 atom stereocenters. The first-order valence-electron chi connectivity index (χ1n) is 36.7. The number of alkyl halides is 4. The highest BCUT2D eigenvalue weighted by Crippen LogP contribution is 2.51. The number of halogens is 4. The van der Waals surface area contributed by atoms with Gasteiger partial charge in [-0.15, -0.1) is 19.0 Å². The smallest absolute Gasteiger partial charge is 0.486 e. The molecule has 0 unspecified atom stereocenters. The van der Waals surface area contributed by atoms with Gasteiger partial charge in [0.05, 0.1) is 63.1 Å². The molecule has 0 bridgehead atoms. The fourth-order valence-corrected chi connectivity index (χ4v) is 11.4. The zero-order chi connectivity index (χ0) is 76.7. The minimum atomic E-state index is -3.54. The molecule has 0 saturated carbocycles. The highest BCUT2D eigenvalue weighted by Gasteiger charge is 2.47. The summed E-state index contributed by atoms with van der Waals surface area (Å²) in [6, 6.07) is 20.4. The lowest BCUT2D eigenvalue weighted by Crippen LogP contribution is -2.26. The zero-order valence-electron chi connectivity index (χ0n) is 67.0. The van der Waals surface area contributed by atoms with Crippen LogP contribution in [0.15, 0.2) is 85.6 Å². The van der Waals surface area contributed by atoms with E-state index < -0.39 is 18.8 Å². The van der Waals surface area contributed by atoms with Gasteiger partial charge in [0.2, 0.25) is 0 Å². The lowest BCUT2D eigenvalue weighted by molar-refractivity contribution is -0.287. The lowest BCUT2D eigenvalue weighted by atomic mass is 9.89. The van der Waals surface area contributed by atoms with Crippen molar-refractivity contribution in [2.24, 2.45) is 14.1 Å². The number of nitrogens with zero attached hydrogens (tertiary/aromatic N) is 12. The van der Waals surface area contributed by atoms with E-state index in [1.165, 1.54) is 38.8 Å². The largest absolute Gasteiger partial charge is 0.586 e. The van der Waals surface area contributed by atoms with Gasteiger partial charge in [0.15, 0.2) is 23.9 Å². The van der Waals surface area contributed by atoms with Crippen molar-refractivity contribution in [1.29, 1.82) is 0 Å². The van der Waals surface area contributed by atoms with Gasteiger partial charge in [0, 0.05) is 43.5 Å². The molecule has 0 spiro atoms. The number of imidazole rings is 1. The van der Waals surface area contributed by atoms with Crippen molar-refractivity contribution in [3.8, 4) is 17.2 Å². The molecule has 2 aliphatic heterocycles. The van der Waals surface area contributed by atoms with Crippen LogP contribution in [0.4, 0.5) is 17.6 Å². The van der Waals surface area contributed by atoms with Crippen LogP contribution in [0.2, 0.25) is 0 Å². The van der Waals surface area contributed by atoms with E-state index in [4.69, 9.17) is 4.74 Å². The van der Waals surface area contributed by atoms with Crippen molar-refractivity contribution in [2.45, 2.75) is 341 Å². The van der Waals surface area contributed by atoms with Crippen molar-refractivity contribution in [3.63, 3.8) is 0 Å². The van der Waals surface area contributed by atoms with Gasteiger partial charge < -0.3 is 18.8 Å². The van der Waals surface area contributed by atoms with E-state index in [1.54, 1.807) is 0 Å². The minimum Gasteiger partial charge on any atom is -0.486 e. The van der Waals surface area contributed by atoms with Gasteiger partial charge in [-0.25, -0.2) is 14.6 Å². The molecule has 0 amide bonds. The third-order valence-electron chi connectivity index (χ3n) is 17.8. The molecule has 7 heterocycles. The molecule has 0 saturated heterocycles. The van der Waals surface area contributed by atoms with E-state index in [1.807, 2.05) is 116 Å². The van der Waals surface area contributed by atoms with Crippen LogP contribution < -0.4 is 14.2 Å². The second-order valence-electron chi connectivity index (χ2n) is 31.1. The molecule has 15 nitrogen and oxygen atoms in total. The summed E-state index contributed by atoms with van der Waals surface area (Å²) in [5.74, 6) is 3.97. The van der Waals surface area contributed by atoms with Crippen LogP contribution in [-0.2, 0) is 20.0 Å². The van der Waals surface area contributed by atoms with E-state index in [2.05, 4.69) is 247 Å². The number of benzene rings is 4. The summed E-state index contributed by atoms with van der Waals surface area (Å²) in [6.07, 6.45) is 3.94. The first-order chi connectivity index (χ1) is 47.5. The highest BCUT2D eigenvalue weighted by molar-refractivity contribution is 5.84. The minimum absolute atomic E-state index is 0. The van der Waals surface area contributed by atoms with Gasteiger partial charge in [-0.05, 0) is 122 Å². The molecule has 614 valence electrons. The van der Waals surface area contributed by atoms with Crippen molar-refractivity contribution in [3.05, 3.63) is 170 Å². The quantitative estimate of drug-likeness (QED) is 0.0945. The highest BCUT2D eigenvalue weighted by atomic mass is 19.3. The predicted molar refractivity (Wildman–Crippen MR) is 456 cm³/mol. The van der Waals surface area contributed by atoms with Crippen LogP contribution in [-0.4, -0.2) is 72.8 Å². The Hall–Kier alpha value is -7.96. The molecule has 2 aliphatic rings. The van der Waals surface area contributed by atoms with E-state index in [-0.39, 0.29) is 92.7 Å². The average Bonchev–Trinajstić information content (AvgIpc) is 1.61. The summed E-state index contributed by atoms with van der Waals surface area (Å²) in [4.78, 5) is 17.4. The topological polar surface area (TPSA) is 166 Å². The molecular weight excluding hydrogens is 1370 g/mol. The summed E-state index contributed by atoms with van der Waals surface area (Å²) in [5.41, 5.74) is 18.5. The Morgan fingerprint density at radius 2 is 0.651 bits per heavy atom. The maximum atomic E-state index is 13.9. The second-order valence-corrected chi connectivity index (χ2v) is 31.1. The summed E-state index contributed by atoms with van der Waals surface area (Å²) in [5, 5.41) is 24.9. The van der Waals surface area contributed by atoms with Gasteiger partial charge in [0.25, 0.3) is 0 Å². The Balaban J connectivity index is -0.00000120. The Labute approximate surface area is 659 Å². The number of hydrogen-bond donors (Lipinski definition) is 0. The van der Waals surface area contributed by atoms with Gasteiger partial charge in [0.1, 0.15) is 11.3 Å².